The molecule has 28 heavy (non-hydrogen) atoms. The molecule has 0 saturated carbocycles. The molecule has 0 spiro atoms. The molecule has 1 aromatic heterocycles. The second kappa shape index (κ2) is 7.95. The summed E-state index contributed by atoms with van der Waals surface area (Å²) in [5, 5.41) is 1.06. The molecule has 3 heterocycles. The summed E-state index contributed by atoms with van der Waals surface area (Å²) < 4.78 is 5.75. The standard InChI is InChI=1S/C22H29N3O3/c1-15-16(2)23-20-8-7-17(12-19(15)20)22(27)25(13-18-6-5-11-28-18)14-21(26)24-9-3-4-10-24/h7-8,12,18,23H,3-6,9-11,13-14H2,1-2H3/t18-/m1/s1. The zero-order valence-electron chi connectivity index (χ0n) is 16.8. The highest BCUT2D eigenvalue weighted by Crippen LogP contribution is 2.24. The number of hydrogen-bond acceptors (Lipinski definition) is 3. The van der Waals surface area contributed by atoms with E-state index >= 15 is 0 Å². The number of amides is 2. The molecule has 4 rings (SSSR count). The fourth-order valence-electron chi connectivity index (χ4n) is 4.26. The number of hydrogen-bond donors (Lipinski definition) is 1. The minimum Gasteiger partial charge on any atom is -0.376 e. The molecule has 6 heteroatoms. The van der Waals surface area contributed by atoms with Crippen LogP contribution in [0.15, 0.2) is 18.2 Å². The number of nitrogens with one attached hydrogen (secondary N) is 1. The molecule has 150 valence electrons. The molecule has 2 aliphatic heterocycles. The maximum Gasteiger partial charge on any atom is 0.254 e. The van der Waals surface area contributed by atoms with Crippen molar-refractivity contribution in [1.82, 2.24) is 14.8 Å². The van der Waals surface area contributed by atoms with Gasteiger partial charge in [-0.15, -0.1) is 0 Å². The Bertz CT molecular complexity index is 877. The van der Waals surface area contributed by atoms with Crippen molar-refractivity contribution in [3.8, 4) is 0 Å². The van der Waals surface area contributed by atoms with Gasteiger partial charge in [-0.25, -0.2) is 0 Å². The van der Waals surface area contributed by atoms with Crippen LogP contribution >= 0.6 is 0 Å². The first-order valence-corrected chi connectivity index (χ1v) is 10.3. The molecule has 6 nitrogen and oxygen atoms in total. The average molecular weight is 383 g/mol. The van der Waals surface area contributed by atoms with Gasteiger partial charge in [-0.3, -0.25) is 9.59 Å². The Labute approximate surface area is 165 Å². The van der Waals surface area contributed by atoms with E-state index in [9.17, 15) is 9.59 Å². The van der Waals surface area contributed by atoms with Crippen LogP contribution in [0.1, 0.15) is 47.3 Å². The smallest absolute Gasteiger partial charge is 0.254 e. The van der Waals surface area contributed by atoms with Gasteiger partial charge in [0, 0.05) is 48.4 Å². The van der Waals surface area contributed by atoms with Crippen LogP contribution in [0.5, 0.6) is 0 Å². The number of H-pyrrole nitrogens is 1. The number of ether oxygens (including phenoxy) is 1. The summed E-state index contributed by atoms with van der Waals surface area (Å²) >= 11 is 0. The van der Waals surface area contributed by atoms with E-state index in [2.05, 4.69) is 11.9 Å². The summed E-state index contributed by atoms with van der Waals surface area (Å²) in [6, 6.07) is 5.75. The van der Waals surface area contributed by atoms with Gasteiger partial charge in [0.25, 0.3) is 5.91 Å². The van der Waals surface area contributed by atoms with Crippen LogP contribution < -0.4 is 0 Å². The van der Waals surface area contributed by atoms with Crippen molar-refractivity contribution in [3.05, 3.63) is 35.0 Å². The molecule has 2 aromatic rings. The Hall–Kier alpha value is -2.34. The molecule has 1 atom stereocenters. The summed E-state index contributed by atoms with van der Waals surface area (Å²) in [4.78, 5) is 33.0. The quantitative estimate of drug-likeness (QED) is 0.863. The van der Waals surface area contributed by atoms with Crippen molar-refractivity contribution in [2.24, 2.45) is 0 Å². The highest BCUT2D eigenvalue weighted by Gasteiger charge is 2.28. The Kier molecular flexibility index (Phi) is 5.40. The van der Waals surface area contributed by atoms with E-state index in [4.69, 9.17) is 4.74 Å². The third kappa shape index (κ3) is 3.78. The fraction of sp³-hybridized carbons (Fsp3) is 0.545. The first-order valence-electron chi connectivity index (χ1n) is 10.3. The number of aromatic amines is 1. The third-order valence-corrected chi connectivity index (χ3v) is 6.08. The Morgan fingerprint density at radius 2 is 2.00 bits per heavy atom. The van der Waals surface area contributed by atoms with Crippen molar-refractivity contribution < 1.29 is 14.3 Å². The SMILES string of the molecule is Cc1[nH]c2ccc(C(=O)N(CC(=O)N3CCCC3)C[C@H]3CCCO3)cc2c1C. The van der Waals surface area contributed by atoms with Gasteiger partial charge >= 0.3 is 0 Å². The van der Waals surface area contributed by atoms with Gasteiger partial charge in [-0.2, -0.15) is 0 Å². The number of fused-ring (bicyclic) bond motifs is 1. The summed E-state index contributed by atoms with van der Waals surface area (Å²) in [5.74, 6) is -0.0539. The Balaban J connectivity index is 1.57. The number of aryl methyl sites for hydroxylation is 2. The maximum atomic E-state index is 13.3. The lowest BCUT2D eigenvalue weighted by Crippen LogP contribution is -2.45. The molecule has 0 unspecified atom stereocenters. The predicted octanol–water partition coefficient (Wildman–Crippen LogP) is 3.03. The van der Waals surface area contributed by atoms with Crippen molar-refractivity contribution >= 4 is 22.7 Å². The molecule has 0 bridgehead atoms. The van der Waals surface area contributed by atoms with Crippen LogP contribution in [0.25, 0.3) is 10.9 Å². The highest BCUT2D eigenvalue weighted by molar-refractivity contribution is 6.00. The number of aromatic nitrogens is 1. The number of carbonyl (C=O) groups is 2. The van der Waals surface area contributed by atoms with Gasteiger partial charge in [0.05, 0.1) is 6.10 Å². The average Bonchev–Trinajstić information content (AvgIpc) is 3.44. The summed E-state index contributed by atoms with van der Waals surface area (Å²) in [6.45, 7) is 7.03. The summed E-state index contributed by atoms with van der Waals surface area (Å²) in [7, 11) is 0. The monoisotopic (exact) mass is 383 g/mol. The van der Waals surface area contributed by atoms with E-state index in [1.54, 1.807) is 4.90 Å². The second-order valence-corrected chi connectivity index (χ2v) is 8.04. The van der Waals surface area contributed by atoms with Crippen LogP contribution in [0.3, 0.4) is 0 Å². The molecule has 0 radical (unpaired) electrons. The number of likely N-dealkylation sites (tertiary alicyclic amines) is 1. The molecular formula is C22H29N3O3. The van der Waals surface area contributed by atoms with Crippen LogP contribution in [0, 0.1) is 13.8 Å². The summed E-state index contributed by atoms with van der Waals surface area (Å²) in [6.07, 6.45) is 4.08. The van der Waals surface area contributed by atoms with Crippen molar-refractivity contribution in [2.75, 3.05) is 32.8 Å². The molecule has 2 fully saturated rings. The highest BCUT2D eigenvalue weighted by atomic mass is 16.5. The van der Waals surface area contributed by atoms with Crippen LogP contribution in [0.2, 0.25) is 0 Å². The number of rotatable bonds is 5. The van der Waals surface area contributed by atoms with Gasteiger partial charge in [0.1, 0.15) is 6.54 Å². The zero-order chi connectivity index (χ0) is 19.7. The lowest BCUT2D eigenvalue weighted by Gasteiger charge is -2.27. The van der Waals surface area contributed by atoms with E-state index in [0.717, 1.165) is 67.5 Å². The number of nitrogens with zero attached hydrogens (tertiary/aromatic N) is 2. The lowest BCUT2D eigenvalue weighted by atomic mass is 10.1. The molecule has 2 aliphatic rings. The van der Waals surface area contributed by atoms with Crippen molar-refractivity contribution in [1.29, 1.82) is 0 Å². The van der Waals surface area contributed by atoms with E-state index in [1.165, 1.54) is 0 Å². The molecule has 2 amide bonds. The van der Waals surface area contributed by atoms with Gasteiger partial charge in [-0.05, 0) is 63.3 Å². The first kappa shape index (κ1) is 19.0. The predicted molar refractivity (Wildman–Crippen MR) is 108 cm³/mol. The lowest BCUT2D eigenvalue weighted by molar-refractivity contribution is -0.131. The number of benzene rings is 1. The normalized spacial score (nSPS) is 19.5. The summed E-state index contributed by atoms with van der Waals surface area (Å²) in [5.41, 5.74) is 3.93. The van der Waals surface area contributed by atoms with Crippen molar-refractivity contribution in [2.45, 2.75) is 45.6 Å². The van der Waals surface area contributed by atoms with Gasteiger partial charge in [0.2, 0.25) is 5.91 Å². The number of carbonyl (C=O) groups excluding carboxylic acids is 2. The second-order valence-electron chi connectivity index (χ2n) is 8.04. The Morgan fingerprint density at radius 3 is 2.71 bits per heavy atom. The van der Waals surface area contributed by atoms with E-state index in [-0.39, 0.29) is 24.5 Å². The van der Waals surface area contributed by atoms with E-state index in [1.807, 2.05) is 30.0 Å². The molecule has 2 saturated heterocycles. The Morgan fingerprint density at radius 1 is 1.21 bits per heavy atom. The molecular weight excluding hydrogens is 354 g/mol. The van der Waals surface area contributed by atoms with Crippen LogP contribution in [0.4, 0.5) is 0 Å². The zero-order valence-corrected chi connectivity index (χ0v) is 16.8. The van der Waals surface area contributed by atoms with Gasteiger partial charge in [-0.1, -0.05) is 0 Å². The maximum absolute atomic E-state index is 13.3. The minimum absolute atomic E-state index is 0.0234. The topological polar surface area (TPSA) is 65.6 Å². The van der Waals surface area contributed by atoms with E-state index in [0.29, 0.717) is 12.1 Å². The molecule has 0 aliphatic carbocycles. The fourth-order valence-corrected chi connectivity index (χ4v) is 4.26. The largest absolute Gasteiger partial charge is 0.376 e. The van der Waals surface area contributed by atoms with Crippen LogP contribution in [-0.4, -0.2) is 65.5 Å². The molecule has 1 aromatic carbocycles. The van der Waals surface area contributed by atoms with Gasteiger partial charge < -0.3 is 19.5 Å². The third-order valence-electron chi connectivity index (χ3n) is 6.08. The minimum atomic E-state index is -0.0943. The van der Waals surface area contributed by atoms with Crippen molar-refractivity contribution in [3.63, 3.8) is 0 Å². The first-order chi connectivity index (χ1) is 13.5. The van der Waals surface area contributed by atoms with E-state index < -0.39 is 0 Å². The van der Waals surface area contributed by atoms with Crippen LogP contribution in [-0.2, 0) is 9.53 Å². The van der Waals surface area contributed by atoms with Gasteiger partial charge in [0.15, 0.2) is 0 Å². The molecule has 1 N–H and O–H groups in total.